The molecule has 3 nitrogen and oxygen atoms in total. The van der Waals surface area contributed by atoms with Gasteiger partial charge in [0.15, 0.2) is 0 Å². The van der Waals surface area contributed by atoms with Gasteiger partial charge in [0.25, 0.3) is 0 Å². The van der Waals surface area contributed by atoms with Gasteiger partial charge in [0.05, 0.1) is 0 Å². The summed E-state index contributed by atoms with van der Waals surface area (Å²) in [6.45, 7) is 1.04. The van der Waals surface area contributed by atoms with Gasteiger partial charge in [0.1, 0.15) is 12.4 Å². The molecule has 0 atom stereocenters. The standard InChI is InChI=1S/C15H16N2O/c16-9-12-18-15-4-2-1-3-14(15)6-5-13-7-10-17-11-8-13/h1-8,10-11H,9,12,16H2/b6-5+. The topological polar surface area (TPSA) is 48.1 Å². The Morgan fingerprint density at radius 1 is 1.06 bits per heavy atom. The number of ether oxygens (including phenoxy) is 1. The highest BCUT2D eigenvalue weighted by Gasteiger charge is 1.98. The molecule has 1 aromatic heterocycles. The van der Waals surface area contributed by atoms with Crippen molar-refractivity contribution in [2.75, 3.05) is 13.2 Å². The van der Waals surface area contributed by atoms with Gasteiger partial charge in [0.2, 0.25) is 0 Å². The maximum atomic E-state index is 5.59. The van der Waals surface area contributed by atoms with Gasteiger partial charge in [-0.2, -0.15) is 0 Å². The van der Waals surface area contributed by atoms with E-state index in [0.717, 1.165) is 16.9 Å². The van der Waals surface area contributed by atoms with Gasteiger partial charge >= 0.3 is 0 Å². The molecule has 1 aromatic carbocycles. The third kappa shape index (κ3) is 3.43. The quantitative estimate of drug-likeness (QED) is 0.873. The Labute approximate surface area is 107 Å². The average molecular weight is 240 g/mol. The molecule has 3 heteroatoms. The number of hydrogen-bond acceptors (Lipinski definition) is 3. The van der Waals surface area contributed by atoms with E-state index in [1.165, 1.54) is 0 Å². The van der Waals surface area contributed by atoms with E-state index >= 15 is 0 Å². The van der Waals surface area contributed by atoms with Gasteiger partial charge < -0.3 is 10.5 Å². The van der Waals surface area contributed by atoms with Crippen LogP contribution in [0.5, 0.6) is 5.75 Å². The zero-order chi connectivity index (χ0) is 12.6. The number of hydrogen-bond donors (Lipinski definition) is 1. The van der Waals surface area contributed by atoms with Gasteiger partial charge in [-0.1, -0.05) is 30.4 Å². The van der Waals surface area contributed by atoms with Crippen LogP contribution in [0, 0.1) is 0 Å². The van der Waals surface area contributed by atoms with E-state index in [4.69, 9.17) is 10.5 Å². The third-order valence-electron chi connectivity index (χ3n) is 2.46. The molecule has 0 aliphatic heterocycles. The SMILES string of the molecule is NCCOc1ccccc1/C=C/c1ccncc1. The fraction of sp³-hybridized carbons (Fsp3) is 0.133. The van der Waals surface area contributed by atoms with Crippen molar-refractivity contribution in [1.29, 1.82) is 0 Å². The molecule has 0 spiro atoms. The summed E-state index contributed by atoms with van der Waals surface area (Å²) >= 11 is 0. The number of benzene rings is 1. The predicted molar refractivity (Wildman–Crippen MR) is 74.2 cm³/mol. The van der Waals surface area contributed by atoms with Crippen LogP contribution in [0.4, 0.5) is 0 Å². The normalized spacial score (nSPS) is 10.7. The zero-order valence-corrected chi connectivity index (χ0v) is 10.1. The van der Waals surface area contributed by atoms with Crippen LogP contribution in [0.1, 0.15) is 11.1 Å². The first-order chi connectivity index (χ1) is 8.90. The van der Waals surface area contributed by atoms with Crippen molar-refractivity contribution < 1.29 is 4.74 Å². The molecule has 92 valence electrons. The lowest BCUT2D eigenvalue weighted by atomic mass is 10.1. The van der Waals surface area contributed by atoms with Crippen LogP contribution in [0.15, 0.2) is 48.8 Å². The van der Waals surface area contributed by atoms with Crippen LogP contribution in [0.2, 0.25) is 0 Å². The van der Waals surface area contributed by atoms with Crippen LogP contribution in [-0.2, 0) is 0 Å². The van der Waals surface area contributed by atoms with Crippen molar-refractivity contribution >= 4 is 12.2 Å². The number of rotatable bonds is 5. The van der Waals surface area contributed by atoms with Gasteiger partial charge in [-0.15, -0.1) is 0 Å². The maximum Gasteiger partial charge on any atom is 0.126 e. The first kappa shape index (κ1) is 12.3. The molecule has 0 saturated carbocycles. The molecule has 0 amide bonds. The number of aromatic nitrogens is 1. The molecule has 0 unspecified atom stereocenters. The molecule has 0 radical (unpaired) electrons. The molecule has 0 aliphatic rings. The highest BCUT2D eigenvalue weighted by Crippen LogP contribution is 2.20. The lowest BCUT2D eigenvalue weighted by Crippen LogP contribution is -2.10. The lowest BCUT2D eigenvalue weighted by molar-refractivity contribution is 0.327. The second kappa shape index (κ2) is 6.57. The van der Waals surface area contributed by atoms with E-state index < -0.39 is 0 Å². The van der Waals surface area contributed by atoms with Crippen molar-refractivity contribution in [3.63, 3.8) is 0 Å². The predicted octanol–water partition coefficient (Wildman–Crippen LogP) is 2.59. The Hall–Kier alpha value is -2.13. The first-order valence-corrected chi connectivity index (χ1v) is 5.90. The highest BCUT2D eigenvalue weighted by atomic mass is 16.5. The maximum absolute atomic E-state index is 5.59. The third-order valence-corrected chi connectivity index (χ3v) is 2.46. The molecule has 2 N–H and O–H groups in total. The molecule has 1 heterocycles. The van der Waals surface area contributed by atoms with Crippen LogP contribution >= 0.6 is 0 Å². The number of para-hydroxylation sites is 1. The Kier molecular flexibility index (Phi) is 4.50. The smallest absolute Gasteiger partial charge is 0.126 e. The summed E-state index contributed by atoms with van der Waals surface area (Å²) in [5, 5.41) is 0. The van der Waals surface area contributed by atoms with E-state index in [9.17, 15) is 0 Å². The van der Waals surface area contributed by atoms with Gasteiger partial charge in [-0.25, -0.2) is 0 Å². The fourth-order valence-electron chi connectivity index (χ4n) is 1.58. The van der Waals surface area contributed by atoms with Crippen molar-refractivity contribution in [2.24, 2.45) is 5.73 Å². The molecule has 0 bridgehead atoms. The monoisotopic (exact) mass is 240 g/mol. The Morgan fingerprint density at radius 2 is 1.83 bits per heavy atom. The Bertz CT molecular complexity index is 509. The summed E-state index contributed by atoms with van der Waals surface area (Å²) in [5.41, 5.74) is 7.60. The van der Waals surface area contributed by atoms with Gasteiger partial charge in [-0.05, 0) is 23.8 Å². The summed E-state index contributed by atoms with van der Waals surface area (Å²) in [5.74, 6) is 0.855. The molecule has 2 rings (SSSR count). The van der Waals surface area contributed by atoms with Crippen LogP contribution < -0.4 is 10.5 Å². The Balaban J connectivity index is 2.15. The van der Waals surface area contributed by atoms with Gasteiger partial charge in [0, 0.05) is 24.5 Å². The molecule has 0 aliphatic carbocycles. The summed E-state index contributed by atoms with van der Waals surface area (Å²) in [7, 11) is 0. The van der Waals surface area contributed by atoms with Crippen LogP contribution in [-0.4, -0.2) is 18.1 Å². The minimum Gasteiger partial charge on any atom is -0.492 e. The van der Waals surface area contributed by atoms with E-state index in [1.807, 2.05) is 48.6 Å². The fourth-order valence-corrected chi connectivity index (χ4v) is 1.58. The summed E-state index contributed by atoms with van der Waals surface area (Å²) in [6.07, 6.45) is 7.61. The number of pyridine rings is 1. The van der Waals surface area contributed by atoms with E-state index in [-0.39, 0.29) is 0 Å². The molecule has 0 saturated heterocycles. The summed E-state index contributed by atoms with van der Waals surface area (Å²) in [4.78, 5) is 3.99. The second-order valence-electron chi connectivity index (χ2n) is 3.79. The number of nitrogens with zero attached hydrogens (tertiary/aromatic N) is 1. The zero-order valence-electron chi connectivity index (χ0n) is 10.1. The van der Waals surface area contributed by atoms with Crippen LogP contribution in [0.25, 0.3) is 12.2 Å². The molecule has 0 fully saturated rings. The first-order valence-electron chi connectivity index (χ1n) is 5.90. The van der Waals surface area contributed by atoms with Crippen molar-refractivity contribution in [3.8, 4) is 5.75 Å². The van der Waals surface area contributed by atoms with Crippen molar-refractivity contribution in [3.05, 3.63) is 59.9 Å². The molecular weight excluding hydrogens is 224 g/mol. The van der Waals surface area contributed by atoms with Gasteiger partial charge in [-0.3, -0.25) is 4.98 Å². The van der Waals surface area contributed by atoms with E-state index in [2.05, 4.69) is 4.98 Å². The minimum atomic E-state index is 0.516. The lowest BCUT2D eigenvalue weighted by Gasteiger charge is -2.07. The number of nitrogens with two attached hydrogens (primary N) is 1. The molecular formula is C15H16N2O. The summed E-state index contributed by atoms with van der Waals surface area (Å²) in [6, 6.07) is 11.8. The minimum absolute atomic E-state index is 0.516. The summed E-state index contributed by atoms with van der Waals surface area (Å²) < 4.78 is 5.59. The van der Waals surface area contributed by atoms with E-state index in [0.29, 0.717) is 13.2 Å². The van der Waals surface area contributed by atoms with E-state index in [1.54, 1.807) is 12.4 Å². The Morgan fingerprint density at radius 3 is 2.61 bits per heavy atom. The second-order valence-corrected chi connectivity index (χ2v) is 3.79. The van der Waals surface area contributed by atoms with Crippen molar-refractivity contribution in [1.82, 2.24) is 4.98 Å². The van der Waals surface area contributed by atoms with Crippen molar-refractivity contribution in [2.45, 2.75) is 0 Å². The van der Waals surface area contributed by atoms with Crippen LogP contribution in [0.3, 0.4) is 0 Å². The molecule has 18 heavy (non-hydrogen) atoms. The highest BCUT2D eigenvalue weighted by molar-refractivity contribution is 5.72. The average Bonchev–Trinajstić information content (AvgIpc) is 2.45. The largest absolute Gasteiger partial charge is 0.492 e. The molecule has 2 aromatic rings.